The normalized spacial score (nSPS) is 23.6. The number of rotatable bonds is 7. The van der Waals surface area contributed by atoms with E-state index in [-0.39, 0.29) is 54.2 Å². The number of amides is 3. The number of hydrogen-bond donors (Lipinski definition) is 4. The highest BCUT2D eigenvalue weighted by Crippen LogP contribution is 2.44. The predicted octanol–water partition coefficient (Wildman–Crippen LogP) is 2.90. The number of anilines is 3. The monoisotopic (exact) mass is 695 g/mol. The third-order valence-corrected chi connectivity index (χ3v) is 11.4. The number of nitrogens with two attached hydrogens (primary N) is 2. The Kier molecular flexibility index (Phi) is 8.64. The molecule has 3 atom stereocenters. The molecular weight excluding hydrogens is 661 g/mol. The van der Waals surface area contributed by atoms with E-state index in [0.29, 0.717) is 50.9 Å². The molecule has 3 saturated heterocycles. The molecule has 252 valence electrons. The molecule has 1 spiro atoms. The Hall–Kier alpha value is -4.05. The van der Waals surface area contributed by atoms with Crippen molar-refractivity contribution in [2.24, 2.45) is 5.41 Å². The van der Waals surface area contributed by atoms with Crippen LogP contribution < -0.4 is 27.0 Å². The molecule has 4 aliphatic rings. The fourth-order valence-corrected chi connectivity index (χ4v) is 8.30. The Bertz CT molecular complexity index is 1810. The van der Waals surface area contributed by atoms with Crippen LogP contribution in [0.25, 0.3) is 0 Å². The summed E-state index contributed by atoms with van der Waals surface area (Å²) in [5.74, 6) is -0.799. The molecular formula is C32H35ClFN9O4S. The van der Waals surface area contributed by atoms with E-state index < -0.39 is 23.7 Å². The molecule has 6 heterocycles. The fraction of sp³-hybridized carbons (Fsp3) is 0.438. The van der Waals surface area contributed by atoms with Crippen molar-refractivity contribution in [2.45, 2.75) is 73.8 Å². The van der Waals surface area contributed by atoms with Crippen LogP contribution in [0.1, 0.15) is 54.1 Å². The summed E-state index contributed by atoms with van der Waals surface area (Å²) in [5, 5.41) is 6.79. The topological polar surface area (TPSA) is 182 Å². The van der Waals surface area contributed by atoms with E-state index in [1.165, 1.54) is 22.7 Å². The van der Waals surface area contributed by atoms with Gasteiger partial charge in [-0.2, -0.15) is 0 Å². The highest BCUT2D eigenvalue weighted by atomic mass is 35.5. The second-order valence-electron chi connectivity index (χ2n) is 12.8. The van der Waals surface area contributed by atoms with Gasteiger partial charge in [0.1, 0.15) is 28.5 Å². The maximum atomic E-state index is 15.3. The molecule has 0 radical (unpaired) electrons. The minimum Gasteiger partial charge on any atom is -0.382 e. The minimum absolute atomic E-state index is 0.00826. The Morgan fingerprint density at radius 3 is 2.73 bits per heavy atom. The average Bonchev–Trinajstić information content (AvgIpc) is 3.55. The Morgan fingerprint density at radius 2 is 1.98 bits per heavy atom. The SMILES string of the molecule is C[C@@H]1OCC2(CCN(c3cnc(Sc4ccnc(N)c4Cl)c(N)n3)CC2)[C@@H]1NCc1cc(F)c2c(c1)CN(C1CCC(=O)NC1=O)C2=O. The molecule has 0 aliphatic carbocycles. The second kappa shape index (κ2) is 12.8. The van der Waals surface area contributed by atoms with Crippen molar-refractivity contribution < 1.29 is 23.5 Å². The van der Waals surface area contributed by atoms with Gasteiger partial charge < -0.3 is 31.3 Å². The van der Waals surface area contributed by atoms with E-state index in [1.54, 1.807) is 18.5 Å². The van der Waals surface area contributed by atoms with Gasteiger partial charge in [-0.1, -0.05) is 29.4 Å². The Balaban J connectivity index is 0.993. The van der Waals surface area contributed by atoms with Crippen molar-refractivity contribution in [3.63, 3.8) is 0 Å². The summed E-state index contributed by atoms with van der Waals surface area (Å²) in [6.07, 6.45) is 5.28. The van der Waals surface area contributed by atoms with Crippen LogP contribution in [-0.4, -0.2) is 75.5 Å². The van der Waals surface area contributed by atoms with Crippen molar-refractivity contribution in [2.75, 3.05) is 36.1 Å². The van der Waals surface area contributed by atoms with Crippen molar-refractivity contribution >= 4 is 58.5 Å². The molecule has 4 aliphatic heterocycles. The van der Waals surface area contributed by atoms with Crippen LogP contribution in [-0.2, 0) is 27.4 Å². The van der Waals surface area contributed by atoms with Gasteiger partial charge in [0.05, 0.1) is 29.5 Å². The number of imide groups is 1. The quantitative estimate of drug-likeness (QED) is 0.266. The summed E-state index contributed by atoms with van der Waals surface area (Å²) in [4.78, 5) is 54.5. The third kappa shape index (κ3) is 5.93. The summed E-state index contributed by atoms with van der Waals surface area (Å²) in [7, 11) is 0. The summed E-state index contributed by atoms with van der Waals surface area (Å²) < 4.78 is 21.5. The standard InChI is InChI=1S/C32H35ClFN9O4S/c1-16-26(38-12-17-10-18-14-43(31(46)24(18)19(34)11-17)20-2-3-23(44)41-29(20)45)32(15-47-16)5-8-42(9-6-32)22-13-39-30(28(36)40-22)48-21-4-7-37-27(35)25(21)33/h4,7,10-11,13,16,20,26,38H,2-3,5-6,8-9,12,14-15H2,1H3,(H2,35,37)(H2,36,40)(H,41,44,45)/t16-,20?,26+/m0/s1. The number of piperidine rings is 2. The van der Waals surface area contributed by atoms with Gasteiger partial charge in [0, 0.05) is 55.1 Å². The van der Waals surface area contributed by atoms with Gasteiger partial charge in [-0.3, -0.25) is 19.7 Å². The molecule has 16 heteroatoms. The fourth-order valence-electron chi connectivity index (χ4n) is 7.29. The first kappa shape index (κ1) is 32.5. The predicted molar refractivity (Wildman–Crippen MR) is 177 cm³/mol. The molecule has 7 rings (SSSR count). The van der Waals surface area contributed by atoms with Gasteiger partial charge in [0.25, 0.3) is 5.91 Å². The molecule has 13 nitrogen and oxygen atoms in total. The number of nitrogens with zero attached hydrogens (tertiary/aromatic N) is 5. The first-order chi connectivity index (χ1) is 23.0. The Labute approximate surface area is 285 Å². The van der Waals surface area contributed by atoms with Crippen molar-refractivity contribution in [3.8, 4) is 0 Å². The molecule has 3 aromatic rings. The van der Waals surface area contributed by atoms with Crippen molar-refractivity contribution in [3.05, 3.63) is 58.1 Å². The summed E-state index contributed by atoms with van der Waals surface area (Å²) in [6, 6.07) is 4.18. The third-order valence-electron chi connectivity index (χ3n) is 9.84. The lowest BCUT2D eigenvalue weighted by Gasteiger charge is -2.43. The molecule has 6 N–H and O–H groups in total. The van der Waals surface area contributed by atoms with E-state index in [9.17, 15) is 14.4 Å². The van der Waals surface area contributed by atoms with Crippen LogP contribution in [0.4, 0.5) is 21.8 Å². The van der Waals surface area contributed by atoms with E-state index in [0.717, 1.165) is 25.9 Å². The molecule has 1 unspecified atom stereocenters. The number of hydrogen-bond acceptors (Lipinski definition) is 12. The molecule has 0 bridgehead atoms. The zero-order chi connectivity index (χ0) is 33.7. The number of benzene rings is 1. The first-order valence-corrected chi connectivity index (χ1v) is 17.0. The van der Waals surface area contributed by atoms with E-state index in [2.05, 4.69) is 30.5 Å². The van der Waals surface area contributed by atoms with Crippen LogP contribution in [0, 0.1) is 11.2 Å². The summed E-state index contributed by atoms with van der Waals surface area (Å²) >= 11 is 7.57. The van der Waals surface area contributed by atoms with Crippen LogP contribution >= 0.6 is 23.4 Å². The molecule has 3 fully saturated rings. The lowest BCUT2D eigenvalue weighted by Crippen LogP contribution is -2.52. The van der Waals surface area contributed by atoms with Crippen LogP contribution in [0.3, 0.4) is 0 Å². The number of nitrogens with one attached hydrogen (secondary N) is 2. The molecule has 48 heavy (non-hydrogen) atoms. The van der Waals surface area contributed by atoms with Crippen molar-refractivity contribution in [1.82, 2.24) is 30.5 Å². The van der Waals surface area contributed by atoms with Gasteiger partial charge in [-0.05, 0) is 49.4 Å². The number of fused-ring (bicyclic) bond motifs is 1. The highest BCUT2D eigenvalue weighted by Gasteiger charge is 2.49. The summed E-state index contributed by atoms with van der Waals surface area (Å²) in [5.41, 5.74) is 13.2. The number of nitrogen functional groups attached to an aromatic ring is 2. The van der Waals surface area contributed by atoms with E-state index in [4.69, 9.17) is 27.8 Å². The Morgan fingerprint density at radius 1 is 1.19 bits per heavy atom. The number of aromatic nitrogens is 3. The first-order valence-electron chi connectivity index (χ1n) is 15.8. The minimum atomic E-state index is -0.795. The molecule has 1 aromatic carbocycles. The van der Waals surface area contributed by atoms with Crippen LogP contribution in [0.5, 0.6) is 0 Å². The lowest BCUT2D eigenvalue weighted by atomic mass is 9.73. The molecule has 3 amide bonds. The van der Waals surface area contributed by atoms with Crippen molar-refractivity contribution in [1.29, 1.82) is 0 Å². The zero-order valence-electron chi connectivity index (χ0n) is 26.2. The lowest BCUT2D eigenvalue weighted by molar-refractivity contribution is -0.136. The van der Waals surface area contributed by atoms with Crippen LogP contribution in [0.15, 0.2) is 40.5 Å². The van der Waals surface area contributed by atoms with Gasteiger partial charge in [-0.15, -0.1) is 0 Å². The average molecular weight is 696 g/mol. The number of pyridine rings is 1. The number of carbonyl (C=O) groups excluding carboxylic acids is 3. The summed E-state index contributed by atoms with van der Waals surface area (Å²) in [6.45, 7) is 4.61. The number of carbonyl (C=O) groups is 3. The largest absolute Gasteiger partial charge is 0.382 e. The van der Waals surface area contributed by atoms with Gasteiger partial charge in [-0.25, -0.2) is 19.3 Å². The maximum Gasteiger partial charge on any atom is 0.258 e. The van der Waals surface area contributed by atoms with Gasteiger partial charge in [0.2, 0.25) is 11.8 Å². The van der Waals surface area contributed by atoms with E-state index >= 15 is 4.39 Å². The molecule has 2 aromatic heterocycles. The van der Waals surface area contributed by atoms with E-state index in [1.807, 2.05) is 13.0 Å². The van der Waals surface area contributed by atoms with Gasteiger partial charge in [0.15, 0.2) is 5.82 Å². The maximum absolute atomic E-state index is 15.3. The molecule has 0 saturated carbocycles. The number of halogens is 2. The second-order valence-corrected chi connectivity index (χ2v) is 14.2. The zero-order valence-corrected chi connectivity index (χ0v) is 27.7. The smallest absolute Gasteiger partial charge is 0.258 e. The number of ether oxygens (including phenoxy) is 1. The van der Waals surface area contributed by atoms with Crippen LogP contribution in [0.2, 0.25) is 5.02 Å². The highest BCUT2D eigenvalue weighted by molar-refractivity contribution is 7.99. The van der Waals surface area contributed by atoms with Gasteiger partial charge >= 0.3 is 0 Å².